The zero-order valence-electron chi connectivity index (χ0n) is 12.0. The van der Waals surface area contributed by atoms with Crippen LogP contribution < -0.4 is 5.32 Å². The average molecular weight is 356 g/mol. The molecule has 20 heavy (non-hydrogen) atoms. The highest BCUT2D eigenvalue weighted by atomic mass is 79.9. The van der Waals surface area contributed by atoms with Gasteiger partial charge in [-0.25, -0.2) is 4.39 Å². The van der Waals surface area contributed by atoms with Crippen molar-refractivity contribution in [3.63, 3.8) is 0 Å². The molecule has 108 valence electrons. The first kappa shape index (κ1) is 15.7. The third-order valence-corrected chi connectivity index (χ3v) is 5.50. The summed E-state index contributed by atoms with van der Waals surface area (Å²) in [5.74, 6) is -0.177. The Morgan fingerprint density at radius 2 is 2.00 bits per heavy atom. The fraction of sp³-hybridized carbons (Fsp3) is 0.375. The lowest BCUT2D eigenvalue weighted by Crippen LogP contribution is -2.23. The van der Waals surface area contributed by atoms with Crippen LogP contribution >= 0.6 is 27.3 Å². The molecule has 0 fully saturated rings. The zero-order chi connectivity index (χ0) is 14.7. The third-order valence-electron chi connectivity index (χ3n) is 3.30. The fourth-order valence-corrected chi connectivity index (χ4v) is 3.91. The van der Waals surface area contributed by atoms with Gasteiger partial charge in [-0.15, -0.1) is 11.3 Å². The summed E-state index contributed by atoms with van der Waals surface area (Å²) in [6, 6.07) is 7.36. The van der Waals surface area contributed by atoms with Gasteiger partial charge in [0.1, 0.15) is 5.82 Å². The molecule has 1 aromatic carbocycles. The van der Waals surface area contributed by atoms with Gasteiger partial charge in [0, 0.05) is 4.88 Å². The Morgan fingerprint density at radius 1 is 1.25 bits per heavy atom. The van der Waals surface area contributed by atoms with Gasteiger partial charge in [-0.05, 0) is 77.6 Å². The van der Waals surface area contributed by atoms with Gasteiger partial charge in [-0.1, -0.05) is 13.0 Å². The normalized spacial score (nSPS) is 12.7. The third kappa shape index (κ3) is 3.48. The minimum atomic E-state index is -0.177. The maximum absolute atomic E-state index is 13.3. The van der Waals surface area contributed by atoms with Crippen molar-refractivity contribution >= 4 is 27.3 Å². The lowest BCUT2D eigenvalue weighted by atomic mass is 9.99. The molecule has 0 aliphatic carbocycles. The average Bonchev–Trinajstić information content (AvgIpc) is 2.72. The summed E-state index contributed by atoms with van der Waals surface area (Å²) in [6.45, 7) is 7.15. The lowest BCUT2D eigenvalue weighted by molar-refractivity contribution is 0.595. The quantitative estimate of drug-likeness (QED) is 0.761. The van der Waals surface area contributed by atoms with E-state index in [0.717, 1.165) is 27.9 Å². The van der Waals surface area contributed by atoms with Gasteiger partial charge in [0.25, 0.3) is 0 Å². The van der Waals surface area contributed by atoms with Crippen LogP contribution in [0.5, 0.6) is 0 Å². The first-order valence-corrected chi connectivity index (χ1v) is 8.39. The second-order valence-electron chi connectivity index (χ2n) is 4.99. The highest BCUT2D eigenvalue weighted by Gasteiger charge is 2.18. The van der Waals surface area contributed by atoms with Crippen LogP contribution in [0, 0.1) is 19.7 Å². The predicted octanol–water partition coefficient (Wildman–Crippen LogP) is 5.36. The van der Waals surface area contributed by atoms with Crippen LogP contribution in [-0.4, -0.2) is 6.54 Å². The van der Waals surface area contributed by atoms with E-state index >= 15 is 0 Å². The Bertz CT molecular complexity index is 575. The number of benzene rings is 1. The summed E-state index contributed by atoms with van der Waals surface area (Å²) in [5, 5.41) is 3.57. The van der Waals surface area contributed by atoms with Crippen LogP contribution in [-0.2, 0) is 0 Å². The predicted molar refractivity (Wildman–Crippen MR) is 88.0 cm³/mol. The topological polar surface area (TPSA) is 12.0 Å². The molecule has 0 spiro atoms. The minimum Gasteiger partial charge on any atom is -0.306 e. The first-order chi connectivity index (χ1) is 9.52. The van der Waals surface area contributed by atoms with Crippen molar-refractivity contribution in [2.45, 2.75) is 33.2 Å². The Morgan fingerprint density at radius 3 is 2.55 bits per heavy atom. The summed E-state index contributed by atoms with van der Waals surface area (Å²) in [6.07, 6.45) is 1.07. The van der Waals surface area contributed by atoms with Gasteiger partial charge in [0.05, 0.1) is 9.83 Å². The van der Waals surface area contributed by atoms with E-state index in [0.29, 0.717) is 0 Å². The summed E-state index contributed by atoms with van der Waals surface area (Å²) in [5.41, 5.74) is 3.38. The molecular weight excluding hydrogens is 337 g/mol. The van der Waals surface area contributed by atoms with E-state index in [1.165, 1.54) is 10.4 Å². The highest BCUT2D eigenvalue weighted by Crippen LogP contribution is 2.35. The Labute approximate surface area is 132 Å². The van der Waals surface area contributed by atoms with Gasteiger partial charge >= 0.3 is 0 Å². The molecule has 0 bridgehead atoms. The van der Waals surface area contributed by atoms with Crippen LogP contribution in [0.25, 0.3) is 0 Å². The number of thiophene rings is 1. The van der Waals surface area contributed by atoms with E-state index in [4.69, 9.17) is 0 Å². The maximum Gasteiger partial charge on any atom is 0.123 e. The van der Waals surface area contributed by atoms with Crippen molar-refractivity contribution in [3.05, 3.63) is 55.4 Å². The van der Waals surface area contributed by atoms with Gasteiger partial charge in [0.15, 0.2) is 0 Å². The molecule has 1 nitrogen and oxygen atoms in total. The second kappa shape index (κ2) is 6.83. The molecule has 1 atom stereocenters. The number of aryl methyl sites for hydroxylation is 2. The molecule has 0 aliphatic rings. The van der Waals surface area contributed by atoms with E-state index < -0.39 is 0 Å². The number of hydrogen-bond donors (Lipinski definition) is 1. The molecule has 0 aliphatic heterocycles. The van der Waals surface area contributed by atoms with Crippen molar-refractivity contribution in [3.8, 4) is 0 Å². The number of rotatable bonds is 5. The Balaban J connectivity index is 2.41. The van der Waals surface area contributed by atoms with Crippen LogP contribution in [0.15, 0.2) is 28.1 Å². The monoisotopic (exact) mass is 355 g/mol. The Hall–Kier alpha value is -0.710. The summed E-state index contributed by atoms with van der Waals surface area (Å²) >= 11 is 5.33. The molecule has 0 saturated carbocycles. The van der Waals surface area contributed by atoms with E-state index in [2.05, 4.69) is 41.2 Å². The second-order valence-corrected chi connectivity index (χ2v) is 7.40. The zero-order valence-corrected chi connectivity index (χ0v) is 14.4. The van der Waals surface area contributed by atoms with Gasteiger partial charge in [-0.3, -0.25) is 0 Å². The van der Waals surface area contributed by atoms with E-state index in [1.807, 2.05) is 13.0 Å². The summed E-state index contributed by atoms with van der Waals surface area (Å²) < 4.78 is 14.5. The van der Waals surface area contributed by atoms with E-state index in [-0.39, 0.29) is 11.9 Å². The molecule has 1 heterocycles. The minimum absolute atomic E-state index is 0.130. The molecule has 0 amide bonds. The van der Waals surface area contributed by atoms with Crippen molar-refractivity contribution in [2.75, 3.05) is 6.54 Å². The van der Waals surface area contributed by atoms with Crippen molar-refractivity contribution in [1.82, 2.24) is 5.32 Å². The molecule has 0 saturated heterocycles. The number of hydrogen-bond acceptors (Lipinski definition) is 2. The first-order valence-electron chi connectivity index (χ1n) is 6.78. The highest BCUT2D eigenvalue weighted by molar-refractivity contribution is 9.11. The van der Waals surface area contributed by atoms with E-state index in [1.54, 1.807) is 23.5 Å². The molecule has 2 rings (SSSR count). The molecule has 1 unspecified atom stereocenters. The molecule has 1 aromatic heterocycles. The summed E-state index contributed by atoms with van der Waals surface area (Å²) in [7, 11) is 0. The van der Waals surface area contributed by atoms with Crippen LogP contribution in [0.1, 0.15) is 41.0 Å². The molecule has 1 N–H and O–H groups in total. The maximum atomic E-state index is 13.3. The molecule has 0 radical (unpaired) electrons. The molecular formula is C16H19BrFNS. The fourth-order valence-electron chi connectivity index (χ4n) is 2.24. The molecule has 4 heteroatoms. The largest absolute Gasteiger partial charge is 0.306 e. The van der Waals surface area contributed by atoms with Gasteiger partial charge in [-0.2, -0.15) is 0 Å². The smallest absolute Gasteiger partial charge is 0.123 e. The summed E-state index contributed by atoms with van der Waals surface area (Å²) in [4.78, 5) is 1.26. The van der Waals surface area contributed by atoms with Crippen molar-refractivity contribution in [1.29, 1.82) is 0 Å². The number of halogens is 2. The van der Waals surface area contributed by atoms with Gasteiger partial charge < -0.3 is 5.32 Å². The van der Waals surface area contributed by atoms with Crippen LogP contribution in [0.4, 0.5) is 4.39 Å². The van der Waals surface area contributed by atoms with Gasteiger partial charge in [0.2, 0.25) is 0 Å². The standard InChI is InChI=1S/C16H19BrFNS/c1-4-7-19-15(14-9-11(3)16(17)20-14)13-6-5-12(18)8-10(13)2/h5-6,8-9,15,19H,4,7H2,1-3H3. The van der Waals surface area contributed by atoms with Crippen LogP contribution in [0.3, 0.4) is 0 Å². The molecule has 2 aromatic rings. The lowest BCUT2D eigenvalue weighted by Gasteiger charge is -2.20. The Kier molecular flexibility index (Phi) is 5.35. The van der Waals surface area contributed by atoms with E-state index in [9.17, 15) is 4.39 Å². The van der Waals surface area contributed by atoms with Crippen molar-refractivity contribution in [2.24, 2.45) is 0 Å². The SMILES string of the molecule is CCCNC(c1cc(C)c(Br)s1)c1ccc(F)cc1C. The van der Waals surface area contributed by atoms with Crippen molar-refractivity contribution < 1.29 is 4.39 Å². The number of nitrogens with one attached hydrogen (secondary N) is 1. The van der Waals surface area contributed by atoms with Crippen LogP contribution in [0.2, 0.25) is 0 Å².